The van der Waals surface area contributed by atoms with Crippen molar-refractivity contribution < 1.29 is 9.94 Å². The van der Waals surface area contributed by atoms with Crippen molar-refractivity contribution in [1.29, 1.82) is 0 Å². The average Bonchev–Trinajstić information content (AvgIpc) is 2.05. The number of allylic oxidation sites excluding steroid dienone is 2. The lowest BCUT2D eigenvalue weighted by molar-refractivity contribution is 0.272. The van der Waals surface area contributed by atoms with Gasteiger partial charge in [-0.2, -0.15) is 0 Å². The Hall–Kier alpha value is -0.990. The highest BCUT2D eigenvalue weighted by Crippen LogP contribution is 2.15. The van der Waals surface area contributed by atoms with Gasteiger partial charge in [-0.15, -0.1) is 0 Å². The van der Waals surface area contributed by atoms with E-state index in [0.29, 0.717) is 5.71 Å². The summed E-state index contributed by atoms with van der Waals surface area (Å²) in [5.74, 6) is 0.902. The van der Waals surface area contributed by atoms with E-state index >= 15 is 0 Å². The van der Waals surface area contributed by atoms with E-state index < -0.39 is 0 Å². The molecule has 3 heteroatoms. The van der Waals surface area contributed by atoms with E-state index in [1.54, 1.807) is 13.2 Å². The van der Waals surface area contributed by atoms with Crippen molar-refractivity contribution in [2.45, 2.75) is 19.3 Å². The molecule has 0 amide bonds. The number of hydrogen-bond acceptors (Lipinski definition) is 3. The molecule has 0 bridgehead atoms. The van der Waals surface area contributed by atoms with E-state index in [4.69, 9.17) is 9.94 Å². The van der Waals surface area contributed by atoms with E-state index in [1.165, 1.54) is 0 Å². The molecule has 1 rings (SSSR count). The van der Waals surface area contributed by atoms with Gasteiger partial charge in [0.25, 0.3) is 0 Å². The molecule has 0 atom stereocenters. The quantitative estimate of drug-likeness (QED) is 0.444. The first kappa shape index (κ1) is 7.12. The molecule has 0 unspecified atom stereocenters. The fraction of sp³-hybridized carbons (Fsp3) is 0.571. The molecule has 0 saturated carbocycles. The Balaban J connectivity index is 2.66. The topological polar surface area (TPSA) is 41.8 Å². The zero-order valence-electron chi connectivity index (χ0n) is 6.00. The van der Waals surface area contributed by atoms with Gasteiger partial charge in [-0.05, 0) is 12.8 Å². The smallest absolute Gasteiger partial charge is 0.0974 e. The second-order valence-electron chi connectivity index (χ2n) is 2.26. The minimum absolute atomic E-state index is 0.711. The Morgan fingerprint density at radius 1 is 1.60 bits per heavy atom. The highest BCUT2D eigenvalue weighted by Gasteiger charge is 2.07. The van der Waals surface area contributed by atoms with Crippen LogP contribution in [-0.4, -0.2) is 18.0 Å². The van der Waals surface area contributed by atoms with Crippen LogP contribution in [0.1, 0.15) is 19.3 Å². The molecule has 10 heavy (non-hydrogen) atoms. The van der Waals surface area contributed by atoms with Crippen LogP contribution in [0, 0.1) is 0 Å². The van der Waals surface area contributed by atoms with Crippen LogP contribution >= 0.6 is 0 Å². The number of rotatable bonds is 1. The third-order valence-electron chi connectivity index (χ3n) is 1.57. The Kier molecular flexibility index (Phi) is 2.31. The molecule has 0 aromatic carbocycles. The monoisotopic (exact) mass is 141 g/mol. The van der Waals surface area contributed by atoms with Gasteiger partial charge in [0, 0.05) is 12.5 Å². The van der Waals surface area contributed by atoms with E-state index in [0.717, 1.165) is 25.0 Å². The summed E-state index contributed by atoms with van der Waals surface area (Å²) in [6, 6.07) is 0. The second kappa shape index (κ2) is 3.25. The van der Waals surface area contributed by atoms with Crippen molar-refractivity contribution in [1.82, 2.24) is 0 Å². The Morgan fingerprint density at radius 3 is 3.00 bits per heavy atom. The van der Waals surface area contributed by atoms with Crippen molar-refractivity contribution in [2.24, 2.45) is 5.16 Å². The Morgan fingerprint density at radius 2 is 2.40 bits per heavy atom. The van der Waals surface area contributed by atoms with E-state index in [2.05, 4.69) is 5.16 Å². The van der Waals surface area contributed by atoms with Crippen LogP contribution in [0.5, 0.6) is 0 Å². The number of hydrogen-bond donors (Lipinski definition) is 1. The van der Waals surface area contributed by atoms with Crippen molar-refractivity contribution in [3.8, 4) is 0 Å². The molecule has 0 spiro atoms. The molecule has 1 aliphatic rings. The van der Waals surface area contributed by atoms with Gasteiger partial charge in [-0.25, -0.2) is 0 Å². The van der Waals surface area contributed by atoms with Gasteiger partial charge in [0.1, 0.15) is 0 Å². The van der Waals surface area contributed by atoms with Gasteiger partial charge < -0.3 is 9.94 Å². The molecule has 0 aromatic rings. The SMILES string of the molecule is COC1=C/C(=N\O)CCC1. The maximum absolute atomic E-state index is 8.39. The maximum Gasteiger partial charge on any atom is 0.0974 e. The first-order chi connectivity index (χ1) is 4.86. The average molecular weight is 141 g/mol. The first-order valence-corrected chi connectivity index (χ1v) is 3.32. The molecular weight excluding hydrogens is 130 g/mol. The van der Waals surface area contributed by atoms with E-state index in [9.17, 15) is 0 Å². The predicted octanol–water partition coefficient (Wildman–Crippen LogP) is 1.53. The highest BCUT2D eigenvalue weighted by molar-refractivity contribution is 5.95. The minimum atomic E-state index is 0.711. The highest BCUT2D eigenvalue weighted by atomic mass is 16.5. The van der Waals surface area contributed by atoms with Gasteiger partial charge in [0.15, 0.2) is 0 Å². The Labute approximate surface area is 60.0 Å². The number of ether oxygens (including phenoxy) is 1. The molecule has 56 valence electrons. The lowest BCUT2D eigenvalue weighted by Crippen LogP contribution is -2.04. The molecule has 1 N–H and O–H groups in total. The van der Waals surface area contributed by atoms with Crippen molar-refractivity contribution in [2.75, 3.05) is 7.11 Å². The normalized spacial score (nSPS) is 22.5. The number of nitrogens with zero attached hydrogens (tertiary/aromatic N) is 1. The summed E-state index contributed by atoms with van der Waals surface area (Å²) in [5, 5.41) is 11.5. The summed E-state index contributed by atoms with van der Waals surface area (Å²) in [4.78, 5) is 0. The fourth-order valence-corrected chi connectivity index (χ4v) is 1.01. The summed E-state index contributed by atoms with van der Waals surface area (Å²) in [7, 11) is 1.63. The maximum atomic E-state index is 8.39. The summed E-state index contributed by atoms with van der Waals surface area (Å²) in [6.07, 6.45) is 4.60. The van der Waals surface area contributed by atoms with Gasteiger partial charge in [-0.3, -0.25) is 0 Å². The van der Waals surface area contributed by atoms with Crippen molar-refractivity contribution >= 4 is 5.71 Å². The second-order valence-corrected chi connectivity index (χ2v) is 2.26. The van der Waals surface area contributed by atoms with Crippen LogP contribution in [0.15, 0.2) is 17.0 Å². The molecule has 1 aliphatic carbocycles. The number of methoxy groups -OCH3 is 1. The van der Waals surface area contributed by atoms with Crippen molar-refractivity contribution in [3.05, 3.63) is 11.8 Å². The predicted molar refractivity (Wildman–Crippen MR) is 38.2 cm³/mol. The molecule has 0 fully saturated rings. The molecular formula is C7H11NO2. The van der Waals surface area contributed by atoms with Gasteiger partial charge >= 0.3 is 0 Å². The molecule has 0 saturated heterocycles. The van der Waals surface area contributed by atoms with Crippen LogP contribution in [0.4, 0.5) is 0 Å². The molecule has 0 radical (unpaired) electrons. The lowest BCUT2D eigenvalue weighted by Gasteiger charge is -2.11. The van der Waals surface area contributed by atoms with Gasteiger partial charge in [0.05, 0.1) is 18.6 Å². The van der Waals surface area contributed by atoms with Crippen LogP contribution in [0.25, 0.3) is 0 Å². The van der Waals surface area contributed by atoms with Gasteiger partial charge in [0.2, 0.25) is 0 Å². The van der Waals surface area contributed by atoms with Crippen LogP contribution in [-0.2, 0) is 4.74 Å². The third-order valence-corrected chi connectivity index (χ3v) is 1.57. The van der Waals surface area contributed by atoms with Crippen LogP contribution < -0.4 is 0 Å². The van der Waals surface area contributed by atoms with Crippen LogP contribution in [0.3, 0.4) is 0 Å². The summed E-state index contributed by atoms with van der Waals surface area (Å²) < 4.78 is 4.99. The van der Waals surface area contributed by atoms with E-state index in [1.807, 2.05) is 0 Å². The summed E-state index contributed by atoms with van der Waals surface area (Å²) in [6.45, 7) is 0. The van der Waals surface area contributed by atoms with E-state index in [-0.39, 0.29) is 0 Å². The van der Waals surface area contributed by atoms with Gasteiger partial charge in [-0.1, -0.05) is 5.16 Å². The fourth-order valence-electron chi connectivity index (χ4n) is 1.01. The Bertz CT molecular complexity index is 172. The standard InChI is InChI=1S/C7H11NO2/c1-10-7-4-2-3-6(5-7)8-9/h5,9H,2-4H2,1H3/b8-6-. The minimum Gasteiger partial charge on any atom is -0.501 e. The van der Waals surface area contributed by atoms with Crippen LogP contribution in [0.2, 0.25) is 0 Å². The first-order valence-electron chi connectivity index (χ1n) is 3.32. The largest absolute Gasteiger partial charge is 0.501 e. The molecule has 0 heterocycles. The number of oxime groups is 1. The third kappa shape index (κ3) is 1.50. The summed E-state index contributed by atoms with van der Waals surface area (Å²) >= 11 is 0. The molecule has 0 aliphatic heterocycles. The summed E-state index contributed by atoms with van der Waals surface area (Å²) in [5.41, 5.74) is 0.711. The van der Waals surface area contributed by atoms with Crippen molar-refractivity contribution in [3.63, 3.8) is 0 Å². The molecule has 0 aromatic heterocycles. The zero-order valence-corrected chi connectivity index (χ0v) is 6.00. The lowest BCUT2D eigenvalue weighted by atomic mass is 10.0. The zero-order chi connectivity index (χ0) is 7.40. The molecule has 3 nitrogen and oxygen atoms in total.